The fraction of sp³-hybridized carbons (Fsp3) is 0.417. The van der Waals surface area contributed by atoms with Crippen molar-refractivity contribution < 1.29 is 14.3 Å². The van der Waals surface area contributed by atoms with Crippen molar-refractivity contribution >= 4 is 16.9 Å². The molecule has 3 aromatic rings. The molecule has 0 saturated heterocycles. The van der Waals surface area contributed by atoms with Gasteiger partial charge in [0.1, 0.15) is 5.58 Å². The average Bonchev–Trinajstić information content (AvgIpc) is 3.19. The standard InChI is InChI=1S/C24H28N2O3/c1-15-14-25-21(20-12-13-29-22(15)20)16-4-6-17(7-5-16)23(27)26-19-10-8-18(9-11-19)24(2,3)28/h4-7,12-14,18-19,28H,8-11H2,1-3H3,(H,26,27)/t18-,19-. The van der Waals surface area contributed by atoms with Crippen LogP contribution in [0.25, 0.3) is 22.2 Å². The topological polar surface area (TPSA) is 75.4 Å². The largest absolute Gasteiger partial charge is 0.464 e. The summed E-state index contributed by atoms with van der Waals surface area (Å²) < 4.78 is 5.57. The van der Waals surface area contributed by atoms with E-state index in [1.54, 1.807) is 6.26 Å². The maximum absolute atomic E-state index is 12.7. The predicted molar refractivity (Wildman–Crippen MR) is 114 cm³/mol. The maximum atomic E-state index is 12.7. The van der Waals surface area contributed by atoms with Gasteiger partial charge in [0.05, 0.1) is 17.6 Å². The summed E-state index contributed by atoms with van der Waals surface area (Å²) in [6.45, 7) is 5.72. The Morgan fingerprint density at radius 2 is 1.83 bits per heavy atom. The normalized spacial score (nSPS) is 20.0. The van der Waals surface area contributed by atoms with Crippen molar-refractivity contribution in [3.8, 4) is 11.3 Å². The molecule has 1 aliphatic carbocycles. The molecule has 0 aliphatic heterocycles. The number of aromatic nitrogens is 1. The van der Waals surface area contributed by atoms with Gasteiger partial charge in [0, 0.05) is 34.3 Å². The SMILES string of the molecule is Cc1cnc(-c2ccc(C(=O)N[C@H]3CC[C@H](C(C)(C)O)CC3)cc2)c2ccoc12. The number of fused-ring (bicyclic) bond motifs is 1. The van der Waals surface area contributed by atoms with E-state index in [0.29, 0.717) is 11.5 Å². The fourth-order valence-corrected chi connectivity index (χ4v) is 4.31. The molecule has 2 aromatic heterocycles. The minimum Gasteiger partial charge on any atom is -0.464 e. The summed E-state index contributed by atoms with van der Waals surface area (Å²) in [4.78, 5) is 17.2. The van der Waals surface area contributed by atoms with Crippen LogP contribution >= 0.6 is 0 Å². The first kappa shape index (κ1) is 19.6. The second-order valence-electron chi connectivity index (χ2n) is 8.71. The molecule has 152 valence electrons. The number of carbonyl (C=O) groups excluding carboxylic acids is 1. The third kappa shape index (κ3) is 4.06. The number of pyridine rings is 1. The highest BCUT2D eigenvalue weighted by Crippen LogP contribution is 2.33. The van der Waals surface area contributed by atoms with E-state index in [9.17, 15) is 9.90 Å². The fourth-order valence-electron chi connectivity index (χ4n) is 4.31. The second-order valence-corrected chi connectivity index (χ2v) is 8.71. The number of benzene rings is 1. The van der Waals surface area contributed by atoms with E-state index in [2.05, 4.69) is 10.3 Å². The van der Waals surface area contributed by atoms with Gasteiger partial charge in [-0.25, -0.2) is 0 Å². The highest BCUT2D eigenvalue weighted by Gasteiger charge is 2.31. The van der Waals surface area contributed by atoms with Gasteiger partial charge in [0.15, 0.2) is 0 Å². The summed E-state index contributed by atoms with van der Waals surface area (Å²) in [6.07, 6.45) is 7.18. The van der Waals surface area contributed by atoms with E-state index >= 15 is 0 Å². The second kappa shape index (κ2) is 7.64. The third-order valence-corrected chi connectivity index (χ3v) is 6.15. The Labute approximate surface area is 171 Å². The van der Waals surface area contributed by atoms with Gasteiger partial charge in [-0.3, -0.25) is 9.78 Å². The number of nitrogens with one attached hydrogen (secondary N) is 1. The van der Waals surface area contributed by atoms with Gasteiger partial charge in [0.25, 0.3) is 5.91 Å². The average molecular weight is 392 g/mol. The minimum absolute atomic E-state index is 0.0476. The summed E-state index contributed by atoms with van der Waals surface area (Å²) in [6, 6.07) is 9.66. The highest BCUT2D eigenvalue weighted by molar-refractivity contribution is 5.96. The zero-order valence-corrected chi connectivity index (χ0v) is 17.2. The lowest BCUT2D eigenvalue weighted by molar-refractivity contribution is -0.00257. The number of amides is 1. The summed E-state index contributed by atoms with van der Waals surface area (Å²) in [5, 5.41) is 14.3. The molecular weight excluding hydrogens is 364 g/mol. The van der Waals surface area contributed by atoms with E-state index in [0.717, 1.165) is 53.5 Å². The molecule has 5 heteroatoms. The first-order valence-electron chi connectivity index (χ1n) is 10.3. The van der Waals surface area contributed by atoms with Crippen molar-refractivity contribution in [3.05, 3.63) is 53.9 Å². The molecule has 5 nitrogen and oxygen atoms in total. The Morgan fingerprint density at radius 3 is 2.48 bits per heavy atom. The lowest BCUT2D eigenvalue weighted by atomic mass is 9.77. The van der Waals surface area contributed by atoms with E-state index in [4.69, 9.17) is 4.42 Å². The van der Waals surface area contributed by atoms with Crippen LogP contribution in [-0.4, -0.2) is 27.6 Å². The van der Waals surface area contributed by atoms with E-state index in [1.807, 2.05) is 57.3 Å². The van der Waals surface area contributed by atoms with E-state index in [1.165, 1.54) is 0 Å². The summed E-state index contributed by atoms with van der Waals surface area (Å²) in [5.41, 5.74) is 3.67. The minimum atomic E-state index is -0.644. The Kier molecular flexibility index (Phi) is 5.17. The quantitative estimate of drug-likeness (QED) is 0.665. The van der Waals surface area contributed by atoms with Gasteiger partial charge in [-0.2, -0.15) is 0 Å². The van der Waals surface area contributed by atoms with Crippen molar-refractivity contribution in [1.82, 2.24) is 10.3 Å². The Hall–Kier alpha value is -2.66. The van der Waals surface area contributed by atoms with Crippen LogP contribution in [0.5, 0.6) is 0 Å². The maximum Gasteiger partial charge on any atom is 0.251 e. The van der Waals surface area contributed by atoms with Crippen LogP contribution < -0.4 is 5.32 Å². The van der Waals surface area contributed by atoms with Gasteiger partial charge in [-0.05, 0) is 70.6 Å². The summed E-state index contributed by atoms with van der Waals surface area (Å²) >= 11 is 0. The van der Waals surface area contributed by atoms with Crippen LogP contribution in [0.4, 0.5) is 0 Å². The Morgan fingerprint density at radius 1 is 1.14 bits per heavy atom. The molecular formula is C24H28N2O3. The molecule has 29 heavy (non-hydrogen) atoms. The molecule has 1 aromatic carbocycles. The lowest BCUT2D eigenvalue weighted by Gasteiger charge is -2.36. The molecule has 1 fully saturated rings. The number of rotatable bonds is 4. The predicted octanol–water partition coefficient (Wildman–Crippen LogP) is 4.86. The van der Waals surface area contributed by atoms with E-state index in [-0.39, 0.29) is 11.9 Å². The zero-order chi connectivity index (χ0) is 20.6. The number of furan rings is 1. The van der Waals surface area contributed by atoms with Gasteiger partial charge >= 0.3 is 0 Å². The van der Waals surface area contributed by atoms with Crippen LogP contribution in [0.3, 0.4) is 0 Å². The van der Waals surface area contributed by atoms with Gasteiger partial charge in [-0.1, -0.05) is 12.1 Å². The molecule has 0 unspecified atom stereocenters. The van der Waals surface area contributed by atoms with Gasteiger partial charge < -0.3 is 14.8 Å². The first-order chi connectivity index (χ1) is 13.8. The number of nitrogens with zero attached hydrogens (tertiary/aromatic N) is 1. The van der Waals surface area contributed by atoms with E-state index < -0.39 is 5.60 Å². The third-order valence-electron chi connectivity index (χ3n) is 6.15. The van der Waals surface area contributed by atoms with Crippen LogP contribution in [-0.2, 0) is 0 Å². The number of aliphatic hydroxyl groups is 1. The molecule has 4 rings (SSSR count). The van der Waals surface area contributed by atoms with Gasteiger partial charge in [0.2, 0.25) is 0 Å². The van der Waals surface area contributed by atoms with Crippen LogP contribution in [0.1, 0.15) is 55.5 Å². The Balaban J connectivity index is 1.44. The molecule has 1 amide bonds. The molecule has 0 atom stereocenters. The highest BCUT2D eigenvalue weighted by atomic mass is 16.3. The number of hydrogen-bond donors (Lipinski definition) is 2. The van der Waals surface area contributed by atoms with Crippen molar-refractivity contribution in [2.75, 3.05) is 0 Å². The summed E-state index contributed by atoms with van der Waals surface area (Å²) in [7, 11) is 0. The van der Waals surface area contributed by atoms with Crippen LogP contribution in [0.2, 0.25) is 0 Å². The smallest absolute Gasteiger partial charge is 0.251 e. The van der Waals surface area contributed by atoms with Crippen molar-refractivity contribution in [1.29, 1.82) is 0 Å². The van der Waals surface area contributed by atoms with Gasteiger partial charge in [-0.15, -0.1) is 0 Å². The Bertz CT molecular complexity index is 1010. The van der Waals surface area contributed by atoms with Crippen LogP contribution in [0.15, 0.2) is 47.2 Å². The van der Waals surface area contributed by atoms with Crippen molar-refractivity contribution in [2.24, 2.45) is 5.92 Å². The lowest BCUT2D eigenvalue weighted by Crippen LogP contribution is -2.41. The molecule has 0 bridgehead atoms. The molecule has 2 heterocycles. The molecule has 0 spiro atoms. The first-order valence-corrected chi connectivity index (χ1v) is 10.3. The number of carbonyl (C=O) groups is 1. The van der Waals surface area contributed by atoms with Crippen molar-refractivity contribution in [3.63, 3.8) is 0 Å². The summed E-state index contributed by atoms with van der Waals surface area (Å²) in [5.74, 6) is 0.255. The van der Waals surface area contributed by atoms with Crippen molar-refractivity contribution in [2.45, 2.75) is 58.1 Å². The monoisotopic (exact) mass is 392 g/mol. The zero-order valence-electron chi connectivity index (χ0n) is 17.2. The molecule has 1 aliphatic rings. The molecule has 1 saturated carbocycles. The molecule has 2 N–H and O–H groups in total. The molecule has 0 radical (unpaired) electrons. The number of aryl methyl sites for hydroxylation is 1. The van der Waals surface area contributed by atoms with Crippen LogP contribution in [0, 0.1) is 12.8 Å². The number of hydrogen-bond acceptors (Lipinski definition) is 4.